The molecule has 156 valence electrons. The van der Waals surface area contributed by atoms with E-state index in [1.54, 1.807) is 13.8 Å². The summed E-state index contributed by atoms with van der Waals surface area (Å²) in [6, 6.07) is 3.89. The largest absolute Gasteiger partial charge is 0.481 e. The molecule has 2 unspecified atom stereocenters. The van der Waals surface area contributed by atoms with E-state index >= 15 is 0 Å². The Morgan fingerprint density at radius 1 is 1.41 bits per heavy atom. The van der Waals surface area contributed by atoms with Crippen LogP contribution in [0.1, 0.15) is 48.0 Å². The maximum Gasteiger partial charge on any atom is 0.341 e. The molecule has 1 aromatic heterocycles. The van der Waals surface area contributed by atoms with Gasteiger partial charge in [0.2, 0.25) is 0 Å². The van der Waals surface area contributed by atoms with Crippen LogP contribution >= 0.6 is 22.9 Å². The summed E-state index contributed by atoms with van der Waals surface area (Å²) in [5.41, 5.74) is 1.42. The number of carbonyl (C=O) groups is 2. The van der Waals surface area contributed by atoms with Crippen molar-refractivity contribution in [2.45, 2.75) is 46.1 Å². The highest BCUT2D eigenvalue weighted by molar-refractivity contribution is 7.17. The van der Waals surface area contributed by atoms with E-state index in [2.05, 4.69) is 12.2 Å². The third-order valence-electron chi connectivity index (χ3n) is 4.80. The highest BCUT2D eigenvalue weighted by Gasteiger charge is 2.30. The Kier molecular flexibility index (Phi) is 6.80. The Morgan fingerprint density at radius 3 is 2.86 bits per heavy atom. The molecule has 8 heteroatoms. The van der Waals surface area contributed by atoms with Gasteiger partial charge in [-0.1, -0.05) is 18.5 Å². The molecule has 1 heterocycles. The van der Waals surface area contributed by atoms with E-state index in [0.717, 1.165) is 29.7 Å². The minimum absolute atomic E-state index is 0.0836. The van der Waals surface area contributed by atoms with Crippen LogP contribution in [0.15, 0.2) is 18.2 Å². The standard InChI is InChI=1S/C21H23ClFNO4S/c1-4-27-21(26)18-14-7-5-11(2)9-17(14)29-20(18)24-19(25)12(3)28-13-6-8-16(23)15(22)10-13/h6,8,10-12H,4-5,7,9H2,1-3H3,(H,24,25). The summed E-state index contributed by atoms with van der Waals surface area (Å²) in [6.45, 7) is 5.76. The van der Waals surface area contributed by atoms with Crippen molar-refractivity contribution in [3.63, 3.8) is 0 Å². The van der Waals surface area contributed by atoms with Crippen molar-refractivity contribution in [2.75, 3.05) is 11.9 Å². The van der Waals surface area contributed by atoms with Crippen molar-refractivity contribution in [1.29, 1.82) is 0 Å². The first-order valence-corrected chi connectivity index (χ1v) is 10.7. The van der Waals surface area contributed by atoms with Gasteiger partial charge in [0, 0.05) is 10.9 Å². The van der Waals surface area contributed by atoms with Crippen molar-refractivity contribution in [1.82, 2.24) is 0 Å². The maximum atomic E-state index is 13.3. The number of thiophene rings is 1. The van der Waals surface area contributed by atoms with Crippen molar-refractivity contribution in [3.05, 3.63) is 45.0 Å². The number of ether oxygens (including phenoxy) is 2. The first-order valence-electron chi connectivity index (χ1n) is 9.54. The van der Waals surface area contributed by atoms with Crippen LogP contribution in [0.25, 0.3) is 0 Å². The molecule has 0 radical (unpaired) electrons. The van der Waals surface area contributed by atoms with Crippen LogP contribution in [0.3, 0.4) is 0 Å². The molecule has 0 aliphatic heterocycles. The Morgan fingerprint density at radius 2 is 2.17 bits per heavy atom. The summed E-state index contributed by atoms with van der Waals surface area (Å²) >= 11 is 7.17. The van der Waals surface area contributed by atoms with Gasteiger partial charge in [0.15, 0.2) is 6.10 Å². The van der Waals surface area contributed by atoms with Gasteiger partial charge < -0.3 is 14.8 Å². The lowest BCUT2D eigenvalue weighted by molar-refractivity contribution is -0.122. The number of esters is 1. The fraction of sp³-hybridized carbons (Fsp3) is 0.429. The molecule has 29 heavy (non-hydrogen) atoms. The van der Waals surface area contributed by atoms with E-state index in [1.807, 2.05) is 0 Å². The second-order valence-electron chi connectivity index (χ2n) is 7.10. The highest BCUT2D eigenvalue weighted by atomic mass is 35.5. The topological polar surface area (TPSA) is 64.6 Å². The van der Waals surface area contributed by atoms with Crippen molar-refractivity contribution in [3.8, 4) is 5.75 Å². The lowest BCUT2D eigenvalue weighted by Gasteiger charge is -2.18. The average molecular weight is 440 g/mol. The molecule has 0 saturated heterocycles. The summed E-state index contributed by atoms with van der Waals surface area (Å²) in [4.78, 5) is 26.3. The molecule has 2 aromatic rings. The van der Waals surface area contributed by atoms with Gasteiger partial charge in [0.25, 0.3) is 5.91 Å². The molecular formula is C21H23ClFNO4S. The number of anilines is 1. The predicted octanol–water partition coefficient (Wildman–Crippen LogP) is 5.25. The molecule has 0 spiro atoms. The van der Waals surface area contributed by atoms with Gasteiger partial charge in [-0.25, -0.2) is 9.18 Å². The van der Waals surface area contributed by atoms with E-state index in [9.17, 15) is 14.0 Å². The van der Waals surface area contributed by atoms with Gasteiger partial charge in [-0.05, 0) is 56.7 Å². The lowest BCUT2D eigenvalue weighted by Crippen LogP contribution is -2.30. The number of fused-ring (bicyclic) bond motifs is 1. The second kappa shape index (κ2) is 9.13. The number of nitrogens with one attached hydrogen (secondary N) is 1. The number of amides is 1. The van der Waals surface area contributed by atoms with Gasteiger partial charge in [-0.3, -0.25) is 4.79 Å². The first-order chi connectivity index (χ1) is 13.8. The third kappa shape index (κ3) is 4.90. The molecule has 3 rings (SSSR count). The van der Waals surface area contributed by atoms with E-state index in [0.29, 0.717) is 16.5 Å². The van der Waals surface area contributed by atoms with Gasteiger partial charge >= 0.3 is 5.97 Å². The van der Waals surface area contributed by atoms with Crippen molar-refractivity contribution in [2.24, 2.45) is 5.92 Å². The second-order valence-corrected chi connectivity index (χ2v) is 8.61. The normalized spacial score (nSPS) is 16.7. The predicted molar refractivity (Wildman–Crippen MR) is 112 cm³/mol. The minimum atomic E-state index is -0.871. The van der Waals surface area contributed by atoms with Crippen molar-refractivity contribution < 1.29 is 23.5 Å². The average Bonchev–Trinajstić information content (AvgIpc) is 3.01. The van der Waals surface area contributed by atoms with Gasteiger partial charge in [0.1, 0.15) is 16.6 Å². The molecule has 1 aliphatic carbocycles. The van der Waals surface area contributed by atoms with E-state index in [-0.39, 0.29) is 17.4 Å². The van der Waals surface area contributed by atoms with E-state index in [1.165, 1.54) is 29.5 Å². The molecule has 1 aromatic carbocycles. The molecule has 0 fully saturated rings. The summed E-state index contributed by atoms with van der Waals surface area (Å²) in [5.74, 6) is -0.584. The molecule has 0 bridgehead atoms. The lowest BCUT2D eigenvalue weighted by atomic mass is 9.88. The Hall–Kier alpha value is -2.12. The number of halogens is 2. The number of benzene rings is 1. The minimum Gasteiger partial charge on any atom is -0.481 e. The molecule has 1 amide bonds. The fourth-order valence-electron chi connectivity index (χ4n) is 3.28. The Labute approximate surface area is 178 Å². The van der Waals surface area contributed by atoms with E-state index in [4.69, 9.17) is 21.1 Å². The fourth-order valence-corrected chi connectivity index (χ4v) is 4.85. The van der Waals surface area contributed by atoms with Crippen LogP contribution in [-0.2, 0) is 22.4 Å². The summed E-state index contributed by atoms with van der Waals surface area (Å²) < 4.78 is 24.1. The maximum absolute atomic E-state index is 13.3. The number of rotatable bonds is 6. The molecular weight excluding hydrogens is 417 g/mol. The van der Waals surface area contributed by atoms with Crippen molar-refractivity contribution >= 4 is 39.8 Å². The quantitative estimate of drug-likeness (QED) is 0.624. The number of hydrogen-bond donors (Lipinski definition) is 1. The highest BCUT2D eigenvalue weighted by Crippen LogP contribution is 2.40. The van der Waals surface area contributed by atoms with Crippen LogP contribution in [0.2, 0.25) is 5.02 Å². The van der Waals surface area contributed by atoms with Gasteiger partial charge in [-0.2, -0.15) is 0 Å². The molecule has 1 N–H and O–H groups in total. The van der Waals surface area contributed by atoms with Crippen LogP contribution < -0.4 is 10.1 Å². The van der Waals surface area contributed by atoms with Crippen LogP contribution in [0, 0.1) is 11.7 Å². The van der Waals surface area contributed by atoms with Gasteiger partial charge in [0.05, 0.1) is 17.2 Å². The Bertz CT molecular complexity index is 930. The number of hydrogen-bond acceptors (Lipinski definition) is 5. The molecule has 5 nitrogen and oxygen atoms in total. The van der Waals surface area contributed by atoms with E-state index < -0.39 is 23.8 Å². The van der Waals surface area contributed by atoms with Crippen LogP contribution in [0.4, 0.5) is 9.39 Å². The van der Waals surface area contributed by atoms with Crippen LogP contribution in [-0.4, -0.2) is 24.6 Å². The third-order valence-corrected chi connectivity index (χ3v) is 6.26. The zero-order valence-electron chi connectivity index (χ0n) is 16.5. The monoisotopic (exact) mass is 439 g/mol. The smallest absolute Gasteiger partial charge is 0.341 e. The zero-order valence-corrected chi connectivity index (χ0v) is 18.1. The Balaban J connectivity index is 1.79. The van der Waals surface area contributed by atoms with Gasteiger partial charge in [-0.15, -0.1) is 11.3 Å². The SMILES string of the molecule is CCOC(=O)c1c(NC(=O)C(C)Oc2ccc(F)c(Cl)c2)sc2c1CCC(C)C2. The first kappa shape index (κ1) is 21.6. The number of carbonyl (C=O) groups excluding carboxylic acids is 2. The van der Waals surface area contributed by atoms with Crippen LogP contribution in [0.5, 0.6) is 5.75 Å². The zero-order chi connectivity index (χ0) is 21.1. The molecule has 0 saturated carbocycles. The summed E-state index contributed by atoms with van der Waals surface area (Å²) in [5, 5.41) is 3.22. The molecule has 1 aliphatic rings. The molecule has 2 atom stereocenters. The summed E-state index contributed by atoms with van der Waals surface area (Å²) in [7, 11) is 0. The summed E-state index contributed by atoms with van der Waals surface area (Å²) in [6.07, 6.45) is 1.79.